The van der Waals surface area contributed by atoms with Crippen LogP contribution in [0.5, 0.6) is 17.6 Å². The molecule has 0 radical (unpaired) electrons. The molecule has 2 aliphatic carbocycles. The SMILES string of the molecule is COc1nc(-c2cccc(-c3cccc4c3CC[C@@H]4Oc3nc(OC)c(CN4CC5CCC4(C(=O)O)CC5)cc3C(F)(F)F)c2Cl)ccc1CN1CC2(CCC(=O)N2)C1. The van der Waals surface area contributed by atoms with Gasteiger partial charge in [0.15, 0.2) is 0 Å². The second kappa shape index (κ2) is 15.0. The third-order valence-corrected chi connectivity index (χ3v) is 13.6. The average molecular weight is 832 g/mol. The molecular formula is C44H45ClF3N5O6. The number of aromatic nitrogens is 2. The minimum Gasteiger partial charge on any atom is -0.481 e. The van der Waals surface area contributed by atoms with Crippen molar-refractivity contribution < 1.29 is 42.1 Å². The normalized spacial score (nSPS) is 23.5. The number of rotatable bonds is 11. The van der Waals surface area contributed by atoms with Gasteiger partial charge in [-0.15, -0.1) is 0 Å². The van der Waals surface area contributed by atoms with Crippen LogP contribution >= 0.6 is 11.6 Å². The fourth-order valence-electron chi connectivity index (χ4n) is 10.2. The van der Waals surface area contributed by atoms with Crippen molar-refractivity contribution in [2.24, 2.45) is 5.92 Å². The molecule has 1 amide bonds. The van der Waals surface area contributed by atoms with Gasteiger partial charge in [0.05, 0.1) is 30.5 Å². The van der Waals surface area contributed by atoms with Crippen LogP contribution in [0.4, 0.5) is 13.2 Å². The fourth-order valence-corrected chi connectivity index (χ4v) is 10.5. The van der Waals surface area contributed by atoms with Crippen molar-refractivity contribution in [3.05, 3.63) is 87.4 Å². The topological polar surface area (TPSA) is 126 Å². The molecule has 2 bridgehead atoms. The molecule has 10 rings (SSSR count). The van der Waals surface area contributed by atoms with E-state index >= 15 is 0 Å². The van der Waals surface area contributed by atoms with E-state index in [1.165, 1.54) is 7.11 Å². The van der Waals surface area contributed by atoms with Crippen molar-refractivity contribution in [2.45, 2.75) is 87.8 Å². The van der Waals surface area contributed by atoms with Gasteiger partial charge in [-0.2, -0.15) is 18.2 Å². The van der Waals surface area contributed by atoms with Crippen LogP contribution < -0.4 is 19.5 Å². The second-order valence-corrected chi connectivity index (χ2v) is 17.1. The van der Waals surface area contributed by atoms with Crippen LogP contribution in [0.1, 0.15) is 78.9 Å². The zero-order valence-electron chi connectivity index (χ0n) is 32.8. The lowest BCUT2D eigenvalue weighted by Gasteiger charge is -2.52. The Morgan fingerprint density at radius 2 is 1.61 bits per heavy atom. The van der Waals surface area contributed by atoms with E-state index in [0.29, 0.717) is 73.3 Å². The predicted molar refractivity (Wildman–Crippen MR) is 212 cm³/mol. The summed E-state index contributed by atoms with van der Waals surface area (Å²) in [5, 5.41) is 13.8. The smallest absolute Gasteiger partial charge is 0.421 e. The first-order valence-corrected chi connectivity index (χ1v) is 20.5. The van der Waals surface area contributed by atoms with Crippen molar-refractivity contribution >= 4 is 23.5 Å². The number of piperidine rings is 2. The summed E-state index contributed by atoms with van der Waals surface area (Å²) in [5.41, 5.74) is 3.38. The number of benzene rings is 2. The van der Waals surface area contributed by atoms with E-state index in [2.05, 4.69) is 15.2 Å². The van der Waals surface area contributed by atoms with E-state index in [9.17, 15) is 27.9 Å². The Kier molecular flexibility index (Phi) is 10.0. The number of hydrogen-bond acceptors (Lipinski definition) is 9. The number of alkyl halides is 3. The number of halogens is 4. The summed E-state index contributed by atoms with van der Waals surface area (Å²) in [6.07, 6.45) is -0.691. The second-order valence-electron chi connectivity index (χ2n) is 16.7. The molecule has 6 heterocycles. The summed E-state index contributed by atoms with van der Waals surface area (Å²) in [5.74, 6) is -0.676. The number of nitrogens with one attached hydrogen (secondary N) is 1. The molecule has 4 aromatic rings. The molecule has 4 aliphatic heterocycles. The molecule has 1 spiro atoms. The van der Waals surface area contributed by atoms with E-state index < -0.39 is 35.2 Å². The number of carbonyl (C=O) groups excluding carboxylic acids is 1. The highest BCUT2D eigenvalue weighted by molar-refractivity contribution is 6.36. The average Bonchev–Trinajstić information content (AvgIpc) is 3.81. The maximum atomic E-state index is 14.8. The number of carboxylic acid groups (broad SMARTS) is 1. The van der Waals surface area contributed by atoms with Gasteiger partial charge in [-0.25, -0.2) is 4.98 Å². The van der Waals surface area contributed by atoms with Crippen LogP contribution in [0.15, 0.2) is 54.6 Å². The molecule has 59 heavy (non-hydrogen) atoms. The van der Waals surface area contributed by atoms with E-state index in [4.69, 9.17) is 30.8 Å². The zero-order valence-corrected chi connectivity index (χ0v) is 33.6. The van der Waals surface area contributed by atoms with E-state index in [-0.39, 0.29) is 29.4 Å². The Bertz CT molecular complexity index is 2330. The number of carboxylic acids is 1. The number of methoxy groups -OCH3 is 2. The van der Waals surface area contributed by atoms with Gasteiger partial charge < -0.3 is 24.6 Å². The first kappa shape index (κ1) is 39.5. The first-order chi connectivity index (χ1) is 28.3. The van der Waals surface area contributed by atoms with Crippen molar-refractivity contribution in [3.8, 4) is 40.0 Å². The molecule has 2 aromatic carbocycles. The number of likely N-dealkylation sites (tertiary alicyclic amines) is 1. The van der Waals surface area contributed by atoms with Crippen molar-refractivity contribution in [1.82, 2.24) is 25.1 Å². The van der Waals surface area contributed by atoms with Crippen molar-refractivity contribution in [1.29, 1.82) is 0 Å². The molecule has 15 heteroatoms. The van der Waals surface area contributed by atoms with Gasteiger partial charge in [0.1, 0.15) is 17.2 Å². The summed E-state index contributed by atoms with van der Waals surface area (Å²) in [4.78, 5) is 37.5. The number of amides is 1. The summed E-state index contributed by atoms with van der Waals surface area (Å²) < 4.78 is 61.8. The minimum absolute atomic E-state index is 0.0307. The Labute approximate surface area is 344 Å². The molecule has 1 saturated carbocycles. The lowest BCUT2D eigenvalue weighted by atomic mass is 9.70. The summed E-state index contributed by atoms with van der Waals surface area (Å²) in [6, 6.07) is 16.3. The highest BCUT2D eigenvalue weighted by atomic mass is 35.5. The highest BCUT2D eigenvalue weighted by Crippen LogP contribution is 2.48. The summed E-state index contributed by atoms with van der Waals surface area (Å²) in [6.45, 7) is 2.64. The van der Waals surface area contributed by atoms with E-state index in [1.54, 1.807) is 12.0 Å². The van der Waals surface area contributed by atoms with Crippen LogP contribution in [-0.4, -0.2) is 81.7 Å². The van der Waals surface area contributed by atoms with Crippen LogP contribution in [0.3, 0.4) is 0 Å². The third kappa shape index (κ3) is 7.06. The van der Waals surface area contributed by atoms with Gasteiger partial charge >= 0.3 is 12.1 Å². The van der Waals surface area contributed by atoms with Crippen LogP contribution in [0.2, 0.25) is 5.02 Å². The Morgan fingerprint density at radius 1 is 0.898 bits per heavy atom. The number of fused-ring (bicyclic) bond motifs is 4. The largest absolute Gasteiger partial charge is 0.481 e. The van der Waals surface area contributed by atoms with Gasteiger partial charge in [0, 0.05) is 61.4 Å². The molecule has 2 N–H and O–H groups in total. The molecule has 4 saturated heterocycles. The molecule has 2 aromatic heterocycles. The van der Waals surface area contributed by atoms with Gasteiger partial charge in [-0.05, 0) is 79.7 Å². The van der Waals surface area contributed by atoms with Crippen molar-refractivity contribution in [3.63, 3.8) is 0 Å². The summed E-state index contributed by atoms with van der Waals surface area (Å²) >= 11 is 7.17. The summed E-state index contributed by atoms with van der Waals surface area (Å²) in [7, 11) is 2.93. The number of carbonyl (C=O) groups is 2. The fraction of sp³-hybridized carbons (Fsp3) is 0.455. The number of ether oxygens (including phenoxy) is 3. The number of hydrogen-bond donors (Lipinski definition) is 2. The quantitative estimate of drug-likeness (QED) is 0.154. The predicted octanol–water partition coefficient (Wildman–Crippen LogP) is 7.86. The van der Waals surface area contributed by atoms with E-state index in [1.807, 2.05) is 48.5 Å². The zero-order chi connectivity index (χ0) is 41.3. The maximum Gasteiger partial charge on any atom is 0.421 e. The van der Waals surface area contributed by atoms with Crippen molar-refractivity contribution in [2.75, 3.05) is 33.9 Å². The van der Waals surface area contributed by atoms with Gasteiger partial charge in [0.25, 0.3) is 0 Å². The van der Waals surface area contributed by atoms with Crippen LogP contribution in [0.25, 0.3) is 22.4 Å². The first-order valence-electron chi connectivity index (χ1n) is 20.1. The van der Waals surface area contributed by atoms with Crippen LogP contribution in [-0.2, 0) is 35.3 Å². The molecule has 1 atom stereocenters. The molecule has 310 valence electrons. The van der Waals surface area contributed by atoms with E-state index in [0.717, 1.165) is 66.2 Å². The van der Waals surface area contributed by atoms with Gasteiger partial charge in [-0.1, -0.05) is 54.1 Å². The monoisotopic (exact) mass is 831 g/mol. The standard InChI is InChI=1S/C44H45ClF3N5O6/c1-57-38-26(21-52-23-42(24-52)16-15-36(54)51-42)9-11-34(49-38)32-8-4-7-31(37(32)45)28-5-3-6-30-29(28)10-12-35(30)59-40-33(44(46,47)48)19-27(39(50-40)58-2)22-53-20-25-13-17-43(53,18-14-25)41(55)56/h3-9,11,19,25,35H,10,12-18,20-24H2,1-2H3,(H,51,54)(H,55,56)/t25?,35-,43?/m0/s1. The lowest BCUT2D eigenvalue weighted by molar-refractivity contribution is -0.162. The molecular weight excluding hydrogens is 787 g/mol. The molecule has 11 nitrogen and oxygen atoms in total. The Balaban J connectivity index is 0.968. The lowest BCUT2D eigenvalue weighted by Crippen LogP contribution is -2.66. The number of pyridine rings is 2. The highest BCUT2D eigenvalue weighted by Gasteiger charge is 2.52. The number of aliphatic carboxylic acids is 1. The van der Waals surface area contributed by atoms with Crippen LogP contribution in [0, 0.1) is 5.92 Å². The molecule has 5 fully saturated rings. The van der Waals surface area contributed by atoms with Gasteiger partial charge in [0.2, 0.25) is 23.5 Å². The Morgan fingerprint density at radius 3 is 2.31 bits per heavy atom. The molecule has 6 aliphatic rings. The maximum absolute atomic E-state index is 14.8. The third-order valence-electron chi connectivity index (χ3n) is 13.1. The van der Waals surface area contributed by atoms with Gasteiger partial charge in [-0.3, -0.25) is 19.4 Å². The minimum atomic E-state index is -4.80. The Hall–Kier alpha value is -4.92. The number of nitrogens with zero attached hydrogens (tertiary/aromatic N) is 4. The molecule has 0 unspecified atom stereocenters.